The Kier molecular flexibility index (Phi) is 22.9. The Bertz CT molecular complexity index is 1100. The molecule has 2 aromatic carbocycles. The molecule has 0 heterocycles. The van der Waals surface area contributed by atoms with E-state index >= 15 is 0 Å². The lowest BCUT2D eigenvalue weighted by Gasteiger charge is -2.13. The summed E-state index contributed by atoms with van der Waals surface area (Å²) in [6.45, 7) is 14.3. The lowest BCUT2D eigenvalue weighted by Crippen LogP contribution is -2.27. The van der Waals surface area contributed by atoms with Crippen LogP contribution in [0.25, 0.3) is 5.57 Å². The Balaban J connectivity index is 0.00000105. The van der Waals surface area contributed by atoms with Crippen LogP contribution in [0.4, 0.5) is 5.69 Å². The number of nitrogens with one attached hydrogen (secondary N) is 3. The molecule has 0 atom stereocenters. The molecule has 0 radical (unpaired) electrons. The number of amides is 2. The van der Waals surface area contributed by atoms with Crippen molar-refractivity contribution in [3.8, 4) is 0 Å². The minimum Gasteiger partial charge on any atom is -0.352 e. The van der Waals surface area contributed by atoms with Crippen LogP contribution >= 0.6 is 0 Å². The smallest absolute Gasteiger partial charge is 0.251 e. The van der Waals surface area contributed by atoms with Gasteiger partial charge in [0.05, 0.1) is 0 Å². The van der Waals surface area contributed by atoms with Crippen molar-refractivity contribution in [2.75, 3.05) is 25.5 Å². The number of carbonyl (C=O) groups excluding carboxylic acids is 3. The molecule has 0 aliphatic heterocycles. The predicted octanol–water partition coefficient (Wildman–Crippen LogP) is 7.29. The maximum atomic E-state index is 12.3. The predicted molar refractivity (Wildman–Crippen MR) is 183 cm³/mol. The number of anilines is 1. The number of aldehydes is 1. The fourth-order valence-electron chi connectivity index (χ4n) is 4.11. The number of rotatable bonds is 11. The molecule has 0 bridgehead atoms. The van der Waals surface area contributed by atoms with E-state index in [2.05, 4.69) is 62.7 Å². The van der Waals surface area contributed by atoms with Crippen LogP contribution < -0.4 is 21.7 Å². The first-order valence-electron chi connectivity index (χ1n) is 15.6. The van der Waals surface area contributed by atoms with Gasteiger partial charge in [0.2, 0.25) is 5.91 Å². The van der Waals surface area contributed by atoms with E-state index in [4.69, 9.17) is 10.5 Å². The summed E-state index contributed by atoms with van der Waals surface area (Å²) in [7, 11) is 1.96. The van der Waals surface area contributed by atoms with Crippen LogP contribution in [0, 0.1) is 5.92 Å². The van der Waals surface area contributed by atoms with Gasteiger partial charge in [-0.1, -0.05) is 77.0 Å². The van der Waals surface area contributed by atoms with E-state index in [1.54, 1.807) is 0 Å². The van der Waals surface area contributed by atoms with Crippen LogP contribution in [-0.2, 0) is 16.1 Å². The zero-order valence-corrected chi connectivity index (χ0v) is 27.6. The van der Waals surface area contributed by atoms with Crippen molar-refractivity contribution in [1.82, 2.24) is 10.6 Å². The van der Waals surface area contributed by atoms with Crippen molar-refractivity contribution in [2.45, 2.75) is 86.6 Å². The highest BCUT2D eigenvalue weighted by Gasteiger charge is 2.10. The van der Waals surface area contributed by atoms with Gasteiger partial charge in [0, 0.05) is 30.8 Å². The van der Waals surface area contributed by atoms with Crippen molar-refractivity contribution in [3.05, 3.63) is 82.9 Å². The Labute approximate surface area is 260 Å². The molecule has 2 amide bonds. The van der Waals surface area contributed by atoms with Crippen LogP contribution in [-0.4, -0.2) is 38.2 Å². The normalized spacial score (nSPS) is 11.7. The number of hydrogen-bond donors (Lipinski definition) is 4. The summed E-state index contributed by atoms with van der Waals surface area (Å²) in [6.07, 6.45) is 11.5. The molecule has 2 aromatic rings. The summed E-state index contributed by atoms with van der Waals surface area (Å²) in [5, 5.41) is 8.63. The number of nitrogens with two attached hydrogens (primary N) is 1. The maximum Gasteiger partial charge on any atom is 0.251 e. The first-order valence-corrected chi connectivity index (χ1v) is 15.6. The summed E-state index contributed by atoms with van der Waals surface area (Å²) in [4.78, 5) is 33.2. The Morgan fingerprint density at radius 1 is 0.930 bits per heavy atom. The molecule has 1 aliphatic carbocycles. The van der Waals surface area contributed by atoms with Gasteiger partial charge in [-0.15, -0.1) is 0 Å². The molecule has 43 heavy (non-hydrogen) atoms. The second kappa shape index (κ2) is 25.0. The molecular formula is C36H56N4O3. The van der Waals surface area contributed by atoms with Crippen molar-refractivity contribution in [1.29, 1.82) is 0 Å². The molecule has 0 unspecified atom stereocenters. The van der Waals surface area contributed by atoms with Crippen LogP contribution in [0.2, 0.25) is 0 Å². The highest BCUT2D eigenvalue weighted by molar-refractivity contribution is 5.95. The van der Waals surface area contributed by atoms with E-state index in [0.717, 1.165) is 48.4 Å². The van der Waals surface area contributed by atoms with E-state index in [1.165, 1.54) is 37.3 Å². The van der Waals surface area contributed by atoms with Crippen molar-refractivity contribution >= 4 is 29.4 Å². The fourth-order valence-corrected chi connectivity index (χ4v) is 4.11. The van der Waals surface area contributed by atoms with Gasteiger partial charge in [0.15, 0.2) is 0 Å². The summed E-state index contributed by atoms with van der Waals surface area (Å²) in [5.74, 6) is 0.573. The molecule has 0 saturated carbocycles. The van der Waals surface area contributed by atoms with Gasteiger partial charge < -0.3 is 26.5 Å². The van der Waals surface area contributed by atoms with Gasteiger partial charge in [-0.25, -0.2) is 0 Å². The molecule has 5 N–H and O–H groups in total. The van der Waals surface area contributed by atoms with Gasteiger partial charge >= 0.3 is 0 Å². The van der Waals surface area contributed by atoms with E-state index in [1.807, 2.05) is 55.6 Å². The topological polar surface area (TPSA) is 113 Å². The first kappa shape index (κ1) is 39.5. The number of carbonyl (C=O) groups is 3. The van der Waals surface area contributed by atoms with Gasteiger partial charge in [-0.2, -0.15) is 0 Å². The van der Waals surface area contributed by atoms with Gasteiger partial charge in [0.1, 0.15) is 6.29 Å². The minimum absolute atomic E-state index is 0.146. The largest absolute Gasteiger partial charge is 0.352 e. The average molecular weight is 593 g/mol. The minimum atomic E-state index is -0.179. The highest BCUT2D eigenvalue weighted by atomic mass is 16.2. The molecule has 0 fully saturated rings. The zero-order chi connectivity index (χ0) is 32.5. The molecule has 3 rings (SSSR count). The van der Waals surface area contributed by atoms with Crippen LogP contribution in [0.5, 0.6) is 0 Å². The zero-order valence-electron chi connectivity index (χ0n) is 27.6. The van der Waals surface area contributed by atoms with Gasteiger partial charge in [-0.3, -0.25) is 9.59 Å². The molecule has 0 saturated heterocycles. The third-order valence-electron chi connectivity index (χ3n) is 6.33. The second-order valence-electron chi connectivity index (χ2n) is 10.6. The maximum absolute atomic E-state index is 12.3. The quantitative estimate of drug-likeness (QED) is 0.205. The SMILES string of the molecule is CC1=CCCC=C1c1ccc(C(=O)NCCC(=O)Nc2ccc(CN)cc2)cc1.CC=O.CCCC(C)C.CCCNC. The Morgan fingerprint density at radius 2 is 1.53 bits per heavy atom. The number of allylic oxidation sites excluding steroid dienone is 4. The lowest BCUT2D eigenvalue weighted by molar-refractivity contribution is -0.116. The molecule has 0 aromatic heterocycles. The summed E-state index contributed by atoms with van der Waals surface area (Å²) >= 11 is 0. The highest BCUT2D eigenvalue weighted by Crippen LogP contribution is 2.27. The monoisotopic (exact) mass is 592 g/mol. The number of benzene rings is 2. The molecule has 0 spiro atoms. The van der Waals surface area contributed by atoms with E-state index in [0.29, 0.717) is 12.1 Å². The molecular weight excluding hydrogens is 536 g/mol. The van der Waals surface area contributed by atoms with Crippen molar-refractivity contribution < 1.29 is 14.4 Å². The molecule has 1 aliphatic rings. The lowest BCUT2D eigenvalue weighted by atomic mass is 9.92. The van der Waals surface area contributed by atoms with Crippen molar-refractivity contribution in [2.24, 2.45) is 11.7 Å². The Morgan fingerprint density at radius 3 is 1.98 bits per heavy atom. The molecule has 7 heteroatoms. The standard InChI is InChI=1S/C24H27N3O2.C6H14.C4H11N.C2H4O/c1-17-4-2-3-5-22(17)19-8-10-20(11-9-19)24(29)26-15-14-23(28)27-21-12-6-18(16-25)7-13-21;1-4-5-6(2)3;1-3-4-5-2;1-2-3/h4-13H,2-3,14-16,25H2,1H3,(H,26,29)(H,27,28);6H,4-5H2,1-3H3;5H,3-4H2,1-2H3;2H,1H3. The van der Waals surface area contributed by atoms with E-state index in [-0.39, 0.29) is 24.8 Å². The first-order chi connectivity index (χ1) is 20.7. The molecule has 238 valence electrons. The van der Waals surface area contributed by atoms with Crippen molar-refractivity contribution in [3.63, 3.8) is 0 Å². The summed E-state index contributed by atoms with van der Waals surface area (Å²) in [5.41, 5.74) is 11.5. The average Bonchev–Trinajstić information content (AvgIpc) is 2.99. The fraction of sp³-hybridized carbons (Fsp3) is 0.472. The third kappa shape index (κ3) is 18.6. The van der Waals surface area contributed by atoms with Gasteiger partial charge in [-0.05, 0) is 99.2 Å². The van der Waals surface area contributed by atoms with Gasteiger partial charge in [0.25, 0.3) is 5.91 Å². The van der Waals surface area contributed by atoms with Crippen LogP contribution in [0.15, 0.2) is 66.3 Å². The summed E-state index contributed by atoms with van der Waals surface area (Å²) in [6, 6.07) is 15.0. The summed E-state index contributed by atoms with van der Waals surface area (Å²) < 4.78 is 0. The van der Waals surface area contributed by atoms with E-state index < -0.39 is 0 Å². The molecule has 7 nitrogen and oxygen atoms in total. The Hall–Kier alpha value is -3.55. The second-order valence-corrected chi connectivity index (χ2v) is 10.6. The third-order valence-corrected chi connectivity index (χ3v) is 6.33. The van der Waals surface area contributed by atoms with E-state index in [9.17, 15) is 9.59 Å². The van der Waals surface area contributed by atoms with Crippen LogP contribution in [0.3, 0.4) is 0 Å². The number of hydrogen-bond acceptors (Lipinski definition) is 5. The van der Waals surface area contributed by atoms with Crippen LogP contribution in [0.1, 0.15) is 102 Å².